The number of aromatic amines is 1. The van der Waals surface area contributed by atoms with Crippen LogP contribution in [0.2, 0.25) is 0 Å². The summed E-state index contributed by atoms with van der Waals surface area (Å²) in [4.78, 5) is 30.8. The van der Waals surface area contributed by atoms with Gasteiger partial charge in [-0.3, -0.25) is 4.98 Å². The Labute approximate surface area is 152 Å². The van der Waals surface area contributed by atoms with Gasteiger partial charge in [0.05, 0.1) is 5.69 Å². The van der Waals surface area contributed by atoms with Crippen LogP contribution in [0.4, 0.5) is 11.4 Å². The highest BCUT2D eigenvalue weighted by atomic mass is 16.6. The van der Waals surface area contributed by atoms with Gasteiger partial charge in [0.25, 0.3) is 0 Å². The van der Waals surface area contributed by atoms with Gasteiger partial charge in [0.1, 0.15) is 5.69 Å². The van der Waals surface area contributed by atoms with Gasteiger partial charge in [0.15, 0.2) is 18.1 Å². The number of nitrogens with zero attached hydrogens (tertiary/aromatic N) is 1. The smallest absolute Gasteiger partial charge is 0.453 e. The second-order valence-corrected chi connectivity index (χ2v) is 5.79. The quantitative estimate of drug-likeness (QED) is 0.521. The first kappa shape index (κ1) is 16.6. The van der Waals surface area contributed by atoms with E-state index in [0.29, 0.717) is 5.69 Å². The maximum atomic E-state index is 12.7. The number of pyridine rings is 1. The molecule has 136 valence electrons. The van der Waals surface area contributed by atoms with E-state index >= 15 is 0 Å². The molecule has 0 amide bonds. The molecule has 0 aliphatic rings. The lowest BCUT2D eigenvalue weighted by Crippen LogP contribution is -2.08. The van der Waals surface area contributed by atoms with Gasteiger partial charge >= 0.3 is 11.8 Å². The summed E-state index contributed by atoms with van der Waals surface area (Å²) < 4.78 is 14.9. The lowest BCUT2D eigenvalue weighted by atomic mass is 10.2. The molecule has 1 aromatic carbocycles. The third-order valence-corrected chi connectivity index (χ3v) is 4.03. The van der Waals surface area contributed by atoms with Crippen molar-refractivity contribution < 1.29 is 18.4 Å². The molecule has 0 radical (unpaired) electrons. The van der Waals surface area contributed by atoms with E-state index in [1.54, 1.807) is 31.5 Å². The van der Waals surface area contributed by atoms with Gasteiger partial charge in [-0.2, -0.15) is 0 Å². The SMILES string of the molecule is Cc1oc(=O)oc1COC(=O)c1[nH]c2ccccc2c1Nc1ccncc1. The number of hydrogen-bond donors (Lipinski definition) is 2. The molecular weight excluding hydrogens is 350 g/mol. The van der Waals surface area contributed by atoms with Crippen LogP contribution >= 0.6 is 0 Å². The zero-order valence-corrected chi connectivity index (χ0v) is 14.3. The van der Waals surface area contributed by atoms with Crippen molar-refractivity contribution >= 4 is 28.2 Å². The van der Waals surface area contributed by atoms with Crippen molar-refractivity contribution in [1.29, 1.82) is 0 Å². The first-order valence-electron chi connectivity index (χ1n) is 8.16. The van der Waals surface area contributed by atoms with E-state index < -0.39 is 11.8 Å². The molecule has 8 nitrogen and oxygen atoms in total. The normalized spacial score (nSPS) is 10.9. The summed E-state index contributed by atoms with van der Waals surface area (Å²) in [7, 11) is 0. The highest BCUT2D eigenvalue weighted by Crippen LogP contribution is 2.31. The third-order valence-electron chi connectivity index (χ3n) is 4.03. The minimum atomic E-state index is -0.829. The van der Waals surface area contributed by atoms with Crippen molar-refractivity contribution in [1.82, 2.24) is 9.97 Å². The maximum Gasteiger partial charge on any atom is 0.519 e. The molecule has 0 saturated heterocycles. The van der Waals surface area contributed by atoms with Gasteiger partial charge in [-0.15, -0.1) is 0 Å². The van der Waals surface area contributed by atoms with Gasteiger partial charge in [-0.25, -0.2) is 9.59 Å². The number of carbonyl (C=O) groups is 1. The molecule has 0 aliphatic carbocycles. The number of para-hydroxylation sites is 1. The van der Waals surface area contributed by atoms with Crippen LogP contribution in [0.1, 0.15) is 22.0 Å². The first-order valence-corrected chi connectivity index (χ1v) is 8.16. The predicted octanol–water partition coefficient (Wildman–Crippen LogP) is 3.52. The number of aromatic nitrogens is 2. The lowest BCUT2D eigenvalue weighted by Gasteiger charge is -2.08. The molecule has 3 heterocycles. The summed E-state index contributed by atoms with van der Waals surface area (Å²) in [6.07, 6.45) is 3.30. The molecule has 4 aromatic rings. The molecule has 8 heteroatoms. The van der Waals surface area contributed by atoms with Gasteiger partial charge in [0.2, 0.25) is 0 Å². The molecule has 0 fully saturated rings. The van der Waals surface area contributed by atoms with Gasteiger partial charge in [0, 0.05) is 29.0 Å². The zero-order chi connectivity index (χ0) is 18.8. The summed E-state index contributed by atoms with van der Waals surface area (Å²) in [6.45, 7) is 1.36. The predicted molar refractivity (Wildman–Crippen MR) is 96.9 cm³/mol. The van der Waals surface area contributed by atoms with E-state index in [1.165, 1.54) is 0 Å². The number of carbonyl (C=O) groups excluding carboxylic acids is 1. The van der Waals surface area contributed by atoms with Gasteiger partial charge in [-0.1, -0.05) is 18.2 Å². The average molecular weight is 365 g/mol. The lowest BCUT2D eigenvalue weighted by molar-refractivity contribution is 0.0438. The van der Waals surface area contributed by atoms with E-state index in [2.05, 4.69) is 15.3 Å². The maximum absolute atomic E-state index is 12.7. The zero-order valence-electron chi connectivity index (χ0n) is 14.3. The van der Waals surface area contributed by atoms with Crippen LogP contribution < -0.4 is 11.1 Å². The Bertz CT molecular complexity index is 1160. The minimum absolute atomic E-state index is 0.174. The van der Waals surface area contributed by atoms with Crippen molar-refractivity contribution in [2.24, 2.45) is 0 Å². The number of nitrogens with one attached hydrogen (secondary N) is 2. The summed E-state index contributed by atoms with van der Waals surface area (Å²) in [5, 5.41) is 4.07. The molecule has 2 N–H and O–H groups in total. The fraction of sp³-hybridized carbons (Fsp3) is 0.105. The van der Waals surface area contributed by atoms with Crippen molar-refractivity contribution in [2.45, 2.75) is 13.5 Å². The number of aryl methyl sites for hydroxylation is 1. The number of H-pyrrole nitrogens is 1. The Balaban J connectivity index is 1.65. The van der Waals surface area contributed by atoms with Crippen LogP contribution in [0, 0.1) is 6.92 Å². The summed E-state index contributed by atoms with van der Waals surface area (Å²) in [5.74, 6) is -0.970. The number of hydrogen-bond acceptors (Lipinski definition) is 7. The molecule has 27 heavy (non-hydrogen) atoms. The molecule has 0 bridgehead atoms. The number of benzene rings is 1. The Morgan fingerprint density at radius 3 is 2.70 bits per heavy atom. The van der Waals surface area contributed by atoms with Crippen LogP contribution in [0.3, 0.4) is 0 Å². The van der Waals surface area contributed by atoms with Crippen LogP contribution in [0.5, 0.6) is 0 Å². The van der Waals surface area contributed by atoms with Gasteiger partial charge < -0.3 is 23.9 Å². The first-order chi connectivity index (χ1) is 13.1. The highest BCUT2D eigenvalue weighted by molar-refractivity contribution is 6.07. The Hall–Kier alpha value is -3.81. The molecule has 4 rings (SSSR count). The van der Waals surface area contributed by atoms with Crippen LogP contribution in [-0.4, -0.2) is 15.9 Å². The Kier molecular flexibility index (Phi) is 4.21. The van der Waals surface area contributed by atoms with Crippen LogP contribution in [0.15, 0.2) is 62.4 Å². The standard InChI is InChI=1S/C19H15N3O5/c1-11-15(27-19(24)26-11)10-25-18(23)17-16(21-12-6-8-20-9-7-12)13-4-2-3-5-14(13)22-17/h2-9,22H,10H2,1H3,(H,20,21). The molecule has 3 aromatic heterocycles. The average Bonchev–Trinajstić information content (AvgIpc) is 3.20. The van der Waals surface area contributed by atoms with Crippen molar-refractivity contribution in [3.63, 3.8) is 0 Å². The Morgan fingerprint density at radius 2 is 1.96 bits per heavy atom. The Morgan fingerprint density at radius 1 is 1.19 bits per heavy atom. The van der Waals surface area contributed by atoms with Crippen molar-refractivity contribution in [3.8, 4) is 0 Å². The summed E-state index contributed by atoms with van der Waals surface area (Å²) in [6, 6.07) is 11.1. The number of rotatable bonds is 5. The molecule has 0 unspecified atom stereocenters. The third kappa shape index (κ3) is 3.32. The van der Waals surface area contributed by atoms with Gasteiger partial charge in [-0.05, 0) is 25.1 Å². The highest BCUT2D eigenvalue weighted by Gasteiger charge is 2.20. The molecular formula is C19H15N3O5. The van der Waals surface area contributed by atoms with E-state index in [4.69, 9.17) is 13.6 Å². The number of anilines is 2. The van der Waals surface area contributed by atoms with E-state index in [1.807, 2.05) is 24.3 Å². The van der Waals surface area contributed by atoms with Crippen LogP contribution in [-0.2, 0) is 11.3 Å². The number of fused-ring (bicyclic) bond motifs is 1. The molecule has 0 spiro atoms. The summed E-state index contributed by atoms with van der Waals surface area (Å²) in [5.41, 5.74) is 2.41. The second-order valence-electron chi connectivity index (χ2n) is 5.79. The second kappa shape index (κ2) is 6.83. The van der Waals surface area contributed by atoms with Crippen molar-refractivity contribution in [2.75, 3.05) is 5.32 Å². The topological polar surface area (TPSA) is 110 Å². The van der Waals surface area contributed by atoms with Crippen molar-refractivity contribution in [3.05, 3.63) is 76.6 Å². The largest absolute Gasteiger partial charge is 0.519 e. The minimum Gasteiger partial charge on any atom is -0.453 e. The van der Waals surface area contributed by atoms with E-state index in [9.17, 15) is 9.59 Å². The fourth-order valence-electron chi connectivity index (χ4n) is 2.71. The van der Waals surface area contributed by atoms with E-state index in [0.717, 1.165) is 16.6 Å². The van der Waals surface area contributed by atoms with E-state index in [-0.39, 0.29) is 23.8 Å². The monoisotopic (exact) mass is 365 g/mol. The van der Waals surface area contributed by atoms with Crippen LogP contribution in [0.25, 0.3) is 10.9 Å². The molecule has 0 aliphatic heterocycles. The fourth-order valence-corrected chi connectivity index (χ4v) is 2.71. The molecule has 0 saturated carbocycles. The summed E-state index contributed by atoms with van der Waals surface area (Å²) >= 11 is 0. The number of esters is 1. The molecule has 0 atom stereocenters. The number of ether oxygens (including phenoxy) is 1.